The molecule has 1 aliphatic carbocycles. The first-order chi connectivity index (χ1) is 8.70. The number of hydrogen-bond acceptors (Lipinski definition) is 3. The van der Waals surface area contributed by atoms with E-state index in [2.05, 4.69) is 0 Å². The summed E-state index contributed by atoms with van der Waals surface area (Å²) in [7, 11) is 0. The van der Waals surface area contributed by atoms with E-state index in [4.69, 9.17) is 4.74 Å². The van der Waals surface area contributed by atoms with Crippen molar-refractivity contribution in [2.24, 2.45) is 0 Å². The molecule has 0 aliphatic heterocycles. The molecule has 1 aromatic carbocycles. The standard InChI is InChI=1S/C15H18O3/c1-2-4-12(16)10-18-13-7-8-14-11(9-13)5-3-6-15(14)17/h7-9H,2-6,10H2,1H3. The minimum absolute atomic E-state index is 0.117. The zero-order valence-electron chi connectivity index (χ0n) is 10.7. The van der Waals surface area contributed by atoms with Gasteiger partial charge >= 0.3 is 0 Å². The third-order valence-electron chi connectivity index (χ3n) is 3.16. The molecule has 0 spiro atoms. The van der Waals surface area contributed by atoms with Gasteiger partial charge in [-0.15, -0.1) is 0 Å². The van der Waals surface area contributed by atoms with E-state index in [0.29, 0.717) is 18.6 Å². The fourth-order valence-corrected chi connectivity index (χ4v) is 2.23. The summed E-state index contributed by atoms with van der Waals surface area (Å²) < 4.78 is 5.46. The van der Waals surface area contributed by atoms with E-state index in [-0.39, 0.29) is 18.2 Å². The SMILES string of the molecule is CCCC(=O)COc1ccc2c(c1)CCCC2=O. The zero-order chi connectivity index (χ0) is 13.0. The van der Waals surface area contributed by atoms with Gasteiger partial charge in [-0.25, -0.2) is 0 Å². The summed E-state index contributed by atoms with van der Waals surface area (Å²) in [5.74, 6) is 1.02. The van der Waals surface area contributed by atoms with Crippen molar-refractivity contribution in [3.05, 3.63) is 29.3 Å². The van der Waals surface area contributed by atoms with Crippen LogP contribution in [0.25, 0.3) is 0 Å². The van der Waals surface area contributed by atoms with Crippen molar-refractivity contribution < 1.29 is 14.3 Å². The lowest BCUT2D eigenvalue weighted by Gasteiger charge is -2.15. The summed E-state index contributed by atoms with van der Waals surface area (Å²) in [5.41, 5.74) is 1.86. The predicted molar refractivity (Wildman–Crippen MR) is 69.1 cm³/mol. The summed E-state index contributed by atoms with van der Waals surface area (Å²) in [4.78, 5) is 23.0. The minimum Gasteiger partial charge on any atom is -0.486 e. The number of carbonyl (C=O) groups is 2. The number of ether oxygens (including phenoxy) is 1. The van der Waals surface area contributed by atoms with Gasteiger partial charge in [0, 0.05) is 18.4 Å². The van der Waals surface area contributed by atoms with Crippen molar-refractivity contribution in [3.63, 3.8) is 0 Å². The highest BCUT2D eigenvalue weighted by Crippen LogP contribution is 2.25. The van der Waals surface area contributed by atoms with Crippen molar-refractivity contribution in [3.8, 4) is 5.75 Å². The Bertz CT molecular complexity index is 463. The number of rotatable bonds is 5. The maximum absolute atomic E-state index is 11.7. The van der Waals surface area contributed by atoms with Gasteiger partial charge in [0.2, 0.25) is 0 Å². The average molecular weight is 246 g/mol. The van der Waals surface area contributed by atoms with Crippen LogP contribution in [0.15, 0.2) is 18.2 Å². The normalized spacial score (nSPS) is 14.2. The molecule has 0 N–H and O–H groups in total. The first kappa shape index (κ1) is 12.8. The van der Waals surface area contributed by atoms with Gasteiger partial charge in [-0.1, -0.05) is 6.92 Å². The first-order valence-electron chi connectivity index (χ1n) is 6.51. The highest BCUT2D eigenvalue weighted by Gasteiger charge is 2.17. The van der Waals surface area contributed by atoms with Crippen LogP contribution in [0.3, 0.4) is 0 Å². The summed E-state index contributed by atoms with van der Waals surface area (Å²) in [6, 6.07) is 5.49. The lowest BCUT2D eigenvalue weighted by molar-refractivity contribution is -0.121. The second-order valence-corrected chi connectivity index (χ2v) is 4.67. The number of ketones is 2. The average Bonchev–Trinajstić information content (AvgIpc) is 2.37. The van der Waals surface area contributed by atoms with Crippen LogP contribution in [-0.4, -0.2) is 18.2 Å². The van der Waals surface area contributed by atoms with Gasteiger partial charge in [-0.2, -0.15) is 0 Å². The molecule has 96 valence electrons. The van der Waals surface area contributed by atoms with Crippen molar-refractivity contribution in [2.45, 2.75) is 39.0 Å². The lowest BCUT2D eigenvalue weighted by Crippen LogP contribution is -2.13. The third kappa shape index (κ3) is 2.97. The number of aryl methyl sites for hydroxylation is 1. The molecule has 0 unspecified atom stereocenters. The number of hydrogen-bond donors (Lipinski definition) is 0. The molecule has 1 aromatic rings. The summed E-state index contributed by atoms with van der Waals surface area (Å²) in [6.07, 6.45) is 3.87. The molecular weight excluding hydrogens is 228 g/mol. The Morgan fingerprint density at radius 2 is 2.17 bits per heavy atom. The van der Waals surface area contributed by atoms with Crippen LogP contribution < -0.4 is 4.74 Å². The highest BCUT2D eigenvalue weighted by molar-refractivity contribution is 5.98. The Morgan fingerprint density at radius 1 is 1.33 bits per heavy atom. The fraction of sp³-hybridized carbons (Fsp3) is 0.467. The summed E-state index contributed by atoms with van der Waals surface area (Å²) >= 11 is 0. The topological polar surface area (TPSA) is 43.4 Å². The Hall–Kier alpha value is -1.64. The monoisotopic (exact) mass is 246 g/mol. The second-order valence-electron chi connectivity index (χ2n) is 4.67. The molecule has 2 rings (SSSR count). The number of carbonyl (C=O) groups excluding carboxylic acids is 2. The van der Waals surface area contributed by atoms with Gasteiger partial charge < -0.3 is 4.74 Å². The molecule has 0 saturated carbocycles. The minimum atomic E-state index is 0.117. The van der Waals surface area contributed by atoms with Gasteiger partial charge in [0.15, 0.2) is 11.6 Å². The van der Waals surface area contributed by atoms with Gasteiger partial charge in [-0.05, 0) is 43.0 Å². The van der Waals surface area contributed by atoms with Crippen LogP contribution in [0.2, 0.25) is 0 Å². The van der Waals surface area contributed by atoms with E-state index in [9.17, 15) is 9.59 Å². The lowest BCUT2D eigenvalue weighted by atomic mass is 9.90. The molecule has 18 heavy (non-hydrogen) atoms. The van der Waals surface area contributed by atoms with Gasteiger partial charge in [0.05, 0.1) is 0 Å². The molecule has 0 aromatic heterocycles. The Kier molecular flexibility index (Phi) is 4.13. The number of benzene rings is 1. The maximum Gasteiger partial charge on any atom is 0.170 e. The van der Waals surface area contributed by atoms with Crippen LogP contribution in [0, 0.1) is 0 Å². The number of Topliss-reactive ketones (excluding diaryl/α,β-unsaturated/α-hetero) is 2. The van der Waals surface area contributed by atoms with E-state index in [1.165, 1.54) is 0 Å². The molecule has 0 radical (unpaired) electrons. The van der Waals surface area contributed by atoms with Crippen molar-refractivity contribution in [1.29, 1.82) is 0 Å². The molecule has 0 bridgehead atoms. The molecule has 0 atom stereocenters. The zero-order valence-corrected chi connectivity index (χ0v) is 10.7. The fourth-order valence-electron chi connectivity index (χ4n) is 2.23. The van der Waals surface area contributed by atoms with Gasteiger partial charge in [-0.3, -0.25) is 9.59 Å². The van der Waals surface area contributed by atoms with E-state index in [1.807, 2.05) is 19.1 Å². The van der Waals surface area contributed by atoms with E-state index >= 15 is 0 Å². The Labute approximate surface area is 107 Å². The second kappa shape index (κ2) is 5.80. The molecule has 3 heteroatoms. The van der Waals surface area contributed by atoms with E-state index < -0.39 is 0 Å². The summed E-state index contributed by atoms with van der Waals surface area (Å²) in [5, 5.41) is 0. The largest absolute Gasteiger partial charge is 0.486 e. The van der Waals surface area contributed by atoms with Crippen LogP contribution in [0.1, 0.15) is 48.5 Å². The molecular formula is C15H18O3. The maximum atomic E-state index is 11.7. The molecule has 0 fully saturated rings. The molecule has 0 heterocycles. The first-order valence-corrected chi connectivity index (χ1v) is 6.51. The molecule has 1 aliphatic rings. The van der Waals surface area contributed by atoms with E-state index in [0.717, 1.165) is 30.4 Å². The Morgan fingerprint density at radius 3 is 2.94 bits per heavy atom. The van der Waals surface area contributed by atoms with Gasteiger partial charge in [0.25, 0.3) is 0 Å². The Balaban J connectivity index is 2.03. The third-order valence-corrected chi connectivity index (χ3v) is 3.16. The predicted octanol–water partition coefficient (Wildman–Crippen LogP) is 2.95. The van der Waals surface area contributed by atoms with E-state index in [1.54, 1.807) is 6.07 Å². The van der Waals surface area contributed by atoms with Gasteiger partial charge in [0.1, 0.15) is 12.4 Å². The van der Waals surface area contributed by atoms with Crippen LogP contribution in [0.4, 0.5) is 0 Å². The number of fused-ring (bicyclic) bond motifs is 1. The van der Waals surface area contributed by atoms with Crippen molar-refractivity contribution >= 4 is 11.6 Å². The highest BCUT2D eigenvalue weighted by atomic mass is 16.5. The molecule has 0 saturated heterocycles. The molecule has 3 nitrogen and oxygen atoms in total. The van der Waals surface area contributed by atoms with Crippen LogP contribution in [-0.2, 0) is 11.2 Å². The molecule has 0 amide bonds. The van der Waals surface area contributed by atoms with Crippen molar-refractivity contribution in [2.75, 3.05) is 6.61 Å². The smallest absolute Gasteiger partial charge is 0.170 e. The van der Waals surface area contributed by atoms with Crippen LogP contribution in [0.5, 0.6) is 5.75 Å². The quantitative estimate of drug-likeness (QED) is 0.802. The van der Waals surface area contributed by atoms with Crippen molar-refractivity contribution in [1.82, 2.24) is 0 Å². The summed E-state index contributed by atoms with van der Waals surface area (Å²) in [6.45, 7) is 2.10. The van der Waals surface area contributed by atoms with Crippen LogP contribution >= 0.6 is 0 Å².